The fraction of sp³-hybridized carbons (Fsp3) is 0.455. The number of benzene rings is 1. The molecule has 0 saturated heterocycles. The van der Waals surface area contributed by atoms with Gasteiger partial charge in [0.25, 0.3) is 0 Å². The fourth-order valence-electron chi connectivity index (χ4n) is 1.16. The summed E-state index contributed by atoms with van der Waals surface area (Å²) in [5.74, 6) is 0. The minimum Gasteiger partial charge on any atom is -0.0613 e. The van der Waals surface area contributed by atoms with Crippen LogP contribution in [0.25, 0.3) is 0 Å². The first-order chi connectivity index (χ1) is 5.26. The van der Waals surface area contributed by atoms with Crippen molar-refractivity contribution in [3.63, 3.8) is 0 Å². The zero-order valence-electron chi connectivity index (χ0n) is 7.49. The predicted octanol–water partition coefficient (Wildman–Crippen LogP) is 2.72. The lowest BCUT2D eigenvalue weighted by Gasteiger charge is -2.01. The zero-order chi connectivity index (χ0) is 8.27. The van der Waals surface area contributed by atoms with Gasteiger partial charge < -0.3 is 0 Å². The summed E-state index contributed by atoms with van der Waals surface area (Å²) in [7, 11) is 0. The molecule has 0 heterocycles. The van der Waals surface area contributed by atoms with E-state index in [1.54, 1.807) is 0 Å². The van der Waals surface area contributed by atoms with Gasteiger partial charge in [0.1, 0.15) is 0 Å². The molecule has 0 aliphatic rings. The van der Waals surface area contributed by atoms with Gasteiger partial charge in [0.05, 0.1) is 0 Å². The van der Waals surface area contributed by atoms with E-state index < -0.39 is 0 Å². The van der Waals surface area contributed by atoms with E-state index in [2.05, 4.69) is 39.0 Å². The van der Waals surface area contributed by atoms with E-state index in [0.717, 1.165) is 12.8 Å². The number of hydrogen-bond acceptors (Lipinski definition) is 0. The number of hydrogen-bond donors (Lipinski definition) is 0. The van der Waals surface area contributed by atoms with Gasteiger partial charge in [-0.15, -0.1) is 0 Å². The third kappa shape index (κ3) is 2.07. The number of rotatable bonds is 2. The monoisotopic (exact) mass is 146 g/mol. The molecule has 1 aromatic carbocycles. The molecule has 0 amide bonds. The molecule has 1 aromatic rings. The van der Waals surface area contributed by atoms with Crippen molar-refractivity contribution in [3.05, 3.63) is 34.9 Å². The Bertz CT molecular complexity index is 214. The van der Waals surface area contributed by atoms with Gasteiger partial charge in [-0.3, -0.25) is 0 Å². The van der Waals surface area contributed by atoms with Gasteiger partial charge in [0.2, 0.25) is 0 Å². The quantitative estimate of drug-likeness (QED) is 0.601. The van der Waals surface area contributed by atoms with E-state index >= 15 is 0 Å². The Balaban J connectivity index is 3.02. The standard InChI is InChI=1S/C11H14/c1-4-10-6-9(3)7-11(5-2)8-10/h6H,4-5H2,1-3H3. The first-order valence-electron chi connectivity index (χ1n) is 4.20. The molecule has 0 N–H and O–H groups in total. The summed E-state index contributed by atoms with van der Waals surface area (Å²) in [6, 6.07) is 8.76. The van der Waals surface area contributed by atoms with Crippen molar-refractivity contribution < 1.29 is 0 Å². The summed E-state index contributed by atoms with van der Waals surface area (Å²) in [4.78, 5) is 0. The van der Waals surface area contributed by atoms with Gasteiger partial charge in [0.15, 0.2) is 0 Å². The van der Waals surface area contributed by atoms with Crippen LogP contribution < -0.4 is 0 Å². The lowest BCUT2D eigenvalue weighted by Crippen LogP contribution is -1.88. The first-order valence-corrected chi connectivity index (χ1v) is 4.20. The van der Waals surface area contributed by atoms with Crippen LogP contribution in [0.2, 0.25) is 0 Å². The minimum atomic E-state index is 1.04. The largest absolute Gasteiger partial charge is 0.0613 e. The van der Waals surface area contributed by atoms with E-state index in [0.29, 0.717) is 0 Å². The van der Waals surface area contributed by atoms with Gasteiger partial charge >= 0.3 is 0 Å². The summed E-state index contributed by atoms with van der Waals surface area (Å²) in [5.41, 5.74) is 3.75. The van der Waals surface area contributed by atoms with Gasteiger partial charge in [-0.1, -0.05) is 19.9 Å². The minimum absolute atomic E-state index is 1.04. The van der Waals surface area contributed by atoms with E-state index in [4.69, 9.17) is 0 Å². The summed E-state index contributed by atoms with van der Waals surface area (Å²) >= 11 is 0. The molecule has 0 saturated carbocycles. The maximum absolute atomic E-state index is 3.33. The van der Waals surface area contributed by atoms with Crippen molar-refractivity contribution in [2.75, 3.05) is 0 Å². The smallest absolute Gasteiger partial charge is 0.0108 e. The molecule has 0 atom stereocenters. The van der Waals surface area contributed by atoms with Crippen LogP contribution in [0.5, 0.6) is 0 Å². The molecule has 0 unspecified atom stereocenters. The van der Waals surface area contributed by atoms with Crippen molar-refractivity contribution in [1.29, 1.82) is 0 Å². The topological polar surface area (TPSA) is 0 Å². The van der Waals surface area contributed by atoms with Crippen LogP contribution in [0.1, 0.15) is 30.5 Å². The molecule has 0 aromatic heterocycles. The molecule has 2 radical (unpaired) electrons. The van der Waals surface area contributed by atoms with E-state index in [1.807, 2.05) is 0 Å². The predicted molar refractivity (Wildman–Crippen MR) is 47.6 cm³/mol. The molecular formula is C11H14. The van der Waals surface area contributed by atoms with E-state index in [-0.39, 0.29) is 0 Å². The second-order valence-corrected chi connectivity index (χ2v) is 2.79. The van der Waals surface area contributed by atoms with E-state index in [1.165, 1.54) is 16.7 Å². The van der Waals surface area contributed by atoms with Crippen LogP contribution in [-0.4, -0.2) is 0 Å². The van der Waals surface area contributed by atoms with Gasteiger partial charge in [-0.2, -0.15) is 0 Å². The Morgan fingerprint density at radius 1 is 1.18 bits per heavy atom. The SMILES string of the molecule is CCc1[c]c(C)cc(CC)[c]1. The van der Waals surface area contributed by atoms with Gasteiger partial charge in [-0.05, 0) is 48.6 Å². The van der Waals surface area contributed by atoms with Crippen LogP contribution in [0.3, 0.4) is 0 Å². The number of aryl methyl sites for hydroxylation is 3. The summed E-state index contributed by atoms with van der Waals surface area (Å²) < 4.78 is 0. The molecule has 1 rings (SSSR count). The Kier molecular flexibility index (Phi) is 2.70. The highest BCUT2D eigenvalue weighted by atomic mass is 14.0. The molecular weight excluding hydrogens is 132 g/mol. The second kappa shape index (κ2) is 3.56. The van der Waals surface area contributed by atoms with Crippen molar-refractivity contribution in [2.24, 2.45) is 0 Å². The van der Waals surface area contributed by atoms with Crippen LogP contribution in [0, 0.1) is 19.1 Å². The molecule has 58 valence electrons. The summed E-state index contributed by atoms with van der Waals surface area (Å²) in [6.45, 7) is 6.39. The lowest BCUT2D eigenvalue weighted by atomic mass is 10.0. The molecule has 11 heavy (non-hydrogen) atoms. The average Bonchev–Trinajstić information content (AvgIpc) is 2.03. The Labute approximate surface area is 69.3 Å². The first kappa shape index (κ1) is 8.32. The molecule has 0 aliphatic carbocycles. The Hall–Kier alpha value is -0.780. The zero-order valence-corrected chi connectivity index (χ0v) is 7.49. The van der Waals surface area contributed by atoms with Crippen LogP contribution in [0.4, 0.5) is 0 Å². The Morgan fingerprint density at radius 3 is 2.45 bits per heavy atom. The molecule has 0 fully saturated rings. The third-order valence-electron chi connectivity index (χ3n) is 1.78. The average molecular weight is 146 g/mol. The Morgan fingerprint density at radius 2 is 1.91 bits per heavy atom. The maximum Gasteiger partial charge on any atom is -0.0108 e. The van der Waals surface area contributed by atoms with Gasteiger partial charge in [0, 0.05) is 0 Å². The van der Waals surface area contributed by atoms with Crippen LogP contribution >= 0.6 is 0 Å². The van der Waals surface area contributed by atoms with Crippen molar-refractivity contribution in [1.82, 2.24) is 0 Å². The summed E-state index contributed by atoms with van der Waals surface area (Å²) in [6.07, 6.45) is 2.11. The highest BCUT2D eigenvalue weighted by Crippen LogP contribution is 2.08. The van der Waals surface area contributed by atoms with Crippen molar-refractivity contribution in [3.8, 4) is 0 Å². The summed E-state index contributed by atoms with van der Waals surface area (Å²) in [5, 5.41) is 0. The van der Waals surface area contributed by atoms with Crippen LogP contribution in [0.15, 0.2) is 6.07 Å². The molecule has 0 aliphatic heterocycles. The molecule has 0 nitrogen and oxygen atoms in total. The van der Waals surface area contributed by atoms with Crippen molar-refractivity contribution >= 4 is 0 Å². The highest BCUT2D eigenvalue weighted by Gasteiger charge is 1.95. The lowest BCUT2D eigenvalue weighted by molar-refractivity contribution is 1.07. The molecule has 0 heteroatoms. The third-order valence-corrected chi connectivity index (χ3v) is 1.78. The normalized spacial score (nSPS) is 10.1. The maximum atomic E-state index is 3.33. The highest BCUT2D eigenvalue weighted by molar-refractivity contribution is 5.26. The van der Waals surface area contributed by atoms with Crippen LogP contribution in [-0.2, 0) is 12.8 Å². The van der Waals surface area contributed by atoms with E-state index in [9.17, 15) is 0 Å². The fourth-order valence-corrected chi connectivity index (χ4v) is 1.16. The van der Waals surface area contributed by atoms with Gasteiger partial charge in [-0.25, -0.2) is 0 Å². The molecule has 0 bridgehead atoms. The van der Waals surface area contributed by atoms with Crippen molar-refractivity contribution in [2.45, 2.75) is 33.6 Å². The second-order valence-electron chi connectivity index (χ2n) is 2.79. The molecule has 0 spiro atoms.